The summed E-state index contributed by atoms with van der Waals surface area (Å²) in [4.78, 5) is 14.6. The van der Waals surface area contributed by atoms with Crippen LogP contribution in [-0.2, 0) is 25.2 Å². The first kappa shape index (κ1) is 28.5. The topological polar surface area (TPSA) is 81.9 Å². The maximum absolute atomic E-state index is 13.9. The van der Waals surface area contributed by atoms with Gasteiger partial charge in [0.05, 0.1) is 18.2 Å². The van der Waals surface area contributed by atoms with Crippen LogP contribution in [0.25, 0.3) is 0 Å². The normalized spacial score (nSPS) is 13.5. The molecule has 0 fully saturated rings. The molecule has 1 aromatic heterocycles. The molecule has 0 aliphatic rings. The Labute approximate surface area is 222 Å². The molecule has 0 bridgehead atoms. The standard InChI is InChI=1S/C26H20F7N5O2/c1-15-5-3-6-17(11-15)24(14-22-35-37-38(2)36-22,18-7-4-8-19(13-18)40-26(31,32)33)34-23(39)16-9-10-21(27)20(12-16)25(28,29)30/h3-13H,14H2,1-2H3,(H,34,39). The van der Waals surface area contributed by atoms with Crippen molar-refractivity contribution in [1.82, 2.24) is 25.5 Å². The van der Waals surface area contributed by atoms with Crippen molar-refractivity contribution in [1.29, 1.82) is 0 Å². The molecule has 0 aliphatic carbocycles. The number of tetrazole rings is 1. The van der Waals surface area contributed by atoms with Crippen molar-refractivity contribution in [3.8, 4) is 5.75 Å². The first-order chi connectivity index (χ1) is 18.7. The lowest BCUT2D eigenvalue weighted by Gasteiger charge is -2.36. The molecule has 1 unspecified atom stereocenters. The molecule has 3 aromatic carbocycles. The summed E-state index contributed by atoms with van der Waals surface area (Å²) in [5.41, 5.74) is -2.83. The predicted molar refractivity (Wildman–Crippen MR) is 126 cm³/mol. The molecule has 210 valence electrons. The number of hydrogen-bond donors (Lipinski definition) is 1. The Morgan fingerprint density at radius 1 is 0.950 bits per heavy atom. The van der Waals surface area contributed by atoms with E-state index in [9.17, 15) is 35.5 Å². The molecule has 4 aromatic rings. The van der Waals surface area contributed by atoms with Crippen LogP contribution in [0.1, 0.15) is 38.4 Å². The highest BCUT2D eigenvalue weighted by atomic mass is 19.4. The van der Waals surface area contributed by atoms with Crippen LogP contribution in [0.2, 0.25) is 0 Å². The number of ether oxygens (including phenoxy) is 1. The number of carbonyl (C=O) groups excluding carboxylic acids is 1. The number of hydrogen-bond acceptors (Lipinski definition) is 5. The van der Waals surface area contributed by atoms with Gasteiger partial charge in [0, 0.05) is 12.0 Å². The number of nitrogens with zero attached hydrogens (tertiary/aromatic N) is 4. The van der Waals surface area contributed by atoms with Crippen molar-refractivity contribution in [3.05, 3.63) is 106 Å². The van der Waals surface area contributed by atoms with Crippen LogP contribution in [0, 0.1) is 12.7 Å². The van der Waals surface area contributed by atoms with E-state index in [1.54, 1.807) is 31.2 Å². The molecular formula is C26H20F7N5O2. The van der Waals surface area contributed by atoms with E-state index in [0.29, 0.717) is 23.3 Å². The number of rotatable bonds is 7. The summed E-state index contributed by atoms with van der Waals surface area (Å²) >= 11 is 0. The van der Waals surface area contributed by atoms with Gasteiger partial charge in [0.15, 0.2) is 5.82 Å². The van der Waals surface area contributed by atoms with Crippen molar-refractivity contribution in [2.75, 3.05) is 0 Å². The Hall–Kier alpha value is -4.49. The molecule has 1 atom stereocenters. The van der Waals surface area contributed by atoms with Gasteiger partial charge in [-0.3, -0.25) is 4.79 Å². The quantitative estimate of drug-likeness (QED) is 0.299. The molecule has 0 saturated heterocycles. The first-order valence-electron chi connectivity index (χ1n) is 11.5. The number of aromatic nitrogens is 4. The van der Waals surface area contributed by atoms with E-state index >= 15 is 0 Å². The van der Waals surface area contributed by atoms with Gasteiger partial charge in [-0.1, -0.05) is 42.0 Å². The highest BCUT2D eigenvalue weighted by molar-refractivity contribution is 5.95. The van der Waals surface area contributed by atoms with Crippen LogP contribution in [-0.4, -0.2) is 32.5 Å². The number of aryl methyl sites for hydroxylation is 2. The number of nitrogens with one attached hydrogen (secondary N) is 1. The highest BCUT2D eigenvalue weighted by Crippen LogP contribution is 2.37. The van der Waals surface area contributed by atoms with Gasteiger partial charge in [0.25, 0.3) is 5.91 Å². The van der Waals surface area contributed by atoms with Crippen LogP contribution in [0.4, 0.5) is 30.7 Å². The van der Waals surface area contributed by atoms with Crippen LogP contribution in [0.15, 0.2) is 66.7 Å². The number of amides is 1. The summed E-state index contributed by atoms with van der Waals surface area (Å²) in [7, 11) is 1.47. The molecule has 1 N–H and O–H groups in total. The molecule has 14 heteroatoms. The van der Waals surface area contributed by atoms with E-state index in [1.807, 2.05) is 0 Å². The molecule has 0 aliphatic heterocycles. The molecule has 0 spiro atoms. The molecule has 7 nitrogen and oxygen atoms in total. The molecule has 0 radical (unpaired) electrons. The Bertz CT molecular complexity index is 1530. The smallest absolute Gasteiger partial charge is 0.406 e. The second-order valence-electron chi connectivity index (χ2n) is 8.87. The Balaban J connectivity index is 1.92. The van der Waals surface area contributed by atoms with E-state index in [-0.39, 0.29) is 17.8 Å². The van der Waals surface area contributed by atoms with Crippen molar-refractivity contribution < 1.29 is 40.3 Å². The molecule has 40 heavy (non-hydrogen) atoms. The minimum Gasteiger partial charge on any atom is -0.406 e. The van der Waals surface area contributed by atoms with Crippen LogP contribution < -0.4 is 10.1 Å². The van der Waals surface area contributed by atoms with Gasteiger partial charge in [-0.2, -0.15) is 18.0 Å². The number of carbonyl (C=O) groups is 1. The van der Waals surface area contributed by atoms with E-state index in [0.717, 1.165) is 23.0 Å². The lowest BCUT2D eigenvalue weighted by Crippen LogP contribution is -2.49. The number of alkyl halides is 6. The highest BCUT2D eigenvalue weighted by Gasteiger charge is 2.40. The number of halogens is 7. The van der Waals surface area contributed by atoms with E-state index in [4.69, 9.17) is 0 Å². The summed E-state index contributed by atoms with van der Waals surface area (Å²) in [6.45, 7) is 1.73. The Morgan fingerprint density at radius 3 is 2.23 bits per heavy atom. The fourth-order valence-corrected chi connectivity index (χ4v) is 4.21. The van der Waals surface area contributed by atoms with Gasteiger partial charge in [-0.05, 0) is 53.6 Å². The maximum atomic E-state index is 13.9. The minimum absolute atomic E-state index is 0.0570. The van der Waals surface area contributed by atoms with Gasteiger partial charge in [0.1, 0.15) is 11.6 Å². The third kappa shape index (κ3) is 6.38. The largest absolute Gasteiger partial charge is 0.573 e. The van der Waals surface area contributed by atoms with Gasteiger partial charge >= 0.3 is 12.5 Å². The van der Waals surface area contributed by atoms with E-state index < -0.39 is 46.7 Å². The summed E-state index contributed by atoms with van der Waals surface area (Å²) in [6, 6.07) is 13.1. The maximum Gasteiger partial charge on any atom is 0.573 e. The van der Waals surface area contributed by atoms with Gasteiger partial charge < -0.3 is 10.1 Å². The average molecular weight is 567 g/mol. The lowest BCUT2D eigenvalue weighted by atomic mass is 9.78. The van der Waals surface area contributed by atoms with E-state index in [1.165, 1.54) is 19.2 Å². The fraction of sp³-hybridized carbons (Fsp3) is 0.231. The van der Waals surface area contributed by atoms with Gasteiger partial charge in [-0.15, -0.1) is 23.4 Å². The SMILES string of the molecule is Cc1cccc(C(Cc2nnn(C)n2)(NC(=O)c2ccc(F)c(C(F)(F)F)c2)c2cccc(OC(F)(F)F)c2)c1. The third-order valence-electron chi connectivity index (χ3n) is 5.91. The minimum atomic E-state index is -5.08. The lowest BCUT2D eigenvalue weighted by molar-refractivity contribution is -0.274. The summed E-state index contributed by atoms with van der Waals surface area (Å²) in [6.07, 6.45) is -10.4. The van der Waals surface area contributed by atoms with Gasteiger partial charge in [-0.25, -0.2) is 4.39 Å². The second-order valence-corrected chi connectivity index (χ2v) is 8.87. The monoisotopic (exact) mass is 567 g/mol. The van der Waals surface area contributed by atoms with Crippen molar-refractivity contribution in [3.63, 3.8) is 0 Å². The Kier molecular flexibility index (Phi) is 7.55. The summed E-state index contributed by atoms with van der Waals surface area (Å²) in [5.74, 6) is -3.20. The zero-order valence-electron chi connectivity index (χ0n) is 20.8. The van der Waals surface area contributed by atoms with Gasteiger partial charge in [0.2, 0.25) is 0 Å². The third-order valence-corrected chi connectivity index (χ3v) is 5.91. The fourth-order valence-electron chi connectivity index (χ4n) is 4.21. The molecule has 4 rings (SSSR count). The zero-order chi connectivity index (χ0) is 29.3. The molecule has 1 heterocycles. The van der Waals surface area contributed by atoms with Crippen LogP contribution >= 0.6 is 0 Å². The van der Waals surface area contributed by atoms with E-state index in [2.05, 4.69) is 25.5 Å². The first-order valence-corrected chi connectivity index (χ1v) is 11.5. The molecule has 1 amide bonds. The zero-order valence-corrected chi connectivity index (χ0v) is 20.8. The van der Waals surface area contributed by atoms with Crippen LogP contribution in [0.5, 0.6) is 5.75 Å². The van der Waals surface area contributed by atoms with Crippen LogP contribution in [0.3, 0.4) is 0 Å². The molecule has 0 saturated carbocycles. The van der Waals surface area contributed by atoms with Crippen molar-refractivity contribution in [2.24, 2.45) is 7.05 Å². The van der Waals surface area contributed by atoms with Crippen molar-refractivity contribution >= 4 is 5.91 Å². The summed E-state index contributed by atoms with van der Waals surface area (Å²) in [5, 5.41) is 14.5. The predicted octanol–water partition coefficient (Wildman–Crippen LogP) is 5.49. The summed E-state index contributed by atoms with van der Waals surface area (Å²) < 4.78 is 97.3. The van der Waals surface area contributed by atoms with Crippen molar-refractivity contribution in [2.45, 2.75) is 31.4 Å². The average Bonchev–Trinajstić information content (AvgIpc) is 3.26. The Morgan fingerprint density at radius 2 is 1.62 bits per heavy atom. The molecular weight excluding hydrogens is 547 g/mol. The second kappa shape index (κ2) is 10.6. The number of benzene rings is 3.